The fraction of sp³-hybridized carbons (Fsp3) is 0.250. The van der Waals surface area contributed by atoms with Crippen molar-refractivity contribution in [1.82, 2.24) is 0 Å². The molecule has 0 bridgehead atoms. The van der Waals surface area contributed by atoms with Gasteiger partial charge in [-0.15, -0.1) is 0 Å². The first kappa shape index (κ1) is 53.4. The van der Waals surface area contributed by atoms with Gasteiger partial charge in [0.1, 0.15) is 0 Å². The summed E-state index contributed by atoms with van der Waals surface area (Å²) in [5.41, 5.74) is 0. The smallest absolute Gasteiger partial charge is 0.907 e. The van der Waals surface area contributed by atoms with Gasteiger partial charge in [-0.1, -0.05) is 0 Å². The van der Waals surface area contributed by atoms with E-state index in [0.717, 1.165) is 0 Å². The summed E-state index contributed by atoms with van der Waals surface area (Å²) in [4.78, 5) is 87.8. The Hall–Kier alpha value is -2.85. The van der Waals surface area contributed by atoms with Gasteiger partial charge in [0.25, 0.3) is 0 Å². The molecular weight excluding hydrogens is 578 g/mol. The summed E-state index contributed by atoms with van der Waals surface area (Å²) in [6, 6.07) is 0. The van der Waals surface area contributed by atoms with Crippen LogP contribution in [0.4, 0.5) is 26.3 Å². The zero-order chi connectivity index (χ0) is 30.6. The van der Waals surface area contributed by atoms with Crippen LogP contribution in [-0.4, -0.2) is 95.6 Å². The van der Waals surface area contributed by atoms with E-state index in [1.54, 1.807) is 0 Å². The molecule has 0 rings (SSSR count). The molecule has 0 saturated heterocycles. The number of carboxylic acid groups (broad SMARTS) is 3. The fourth-order valence-electron chi connectivity index (χ4n) is 0.539. The van der Waals surface area contributed by atoms with E-state index in [4.69, 9.17) is 30.4 Å². The third kappa shape index (κ3) is 37.3. The number of halogens is 6. The quantitative estimate of drug-likeness (QED) is 0.0692. The van der Waals surface area contributed by atoms with Crippen molar-refractivity contribution < 1.29 is 171 Å². The zero-order valence-electron chi connectivity index (χ0n) is 19.5. The van der Waals surface area contributed by atoms with Gasteiger partial charge in [-0.25, -0.2) is 43.2 Å². The molecule has 0 aromatic carbocycles. The maximum absolute atomic E-state index is 11.2. The number of hydrogen-bond acceptors (Lipinski definition) is 15. The van der Waals surface area contributed by atoms with Gasteiger partial charge in [0.15, 0.2) is 0 Å². The molecule has 0 aromatic heterocycles. The van der Waals surface area contributed by atoms with Crippen molar-refractivity contribution in [1.29, 1.82) is 0 Å². The van der Waals surface area contributed by atoms with Crippen LogP contribution in [0.5, 0.6) is 0 Å². The van der Waals surface area contributed by atoms with Crippen molar-refractivity contribution in [2.24, 2.45) is 0 Å². The maximum Gasteiger partial charge on any atom is 1.00 e. The van der Waals surface area contributed by atoms with Crippen molar-refractivity contribution in [3.63, 3.8) is 0 Å². The van der Waals surface area contributed by atoms with Crippen molar-refractivity contribution in [3.8, 4) is 0 Å². The van der Waals surface area contributed by atoms with E-state index in [9.17, 15) is 69.5 Å². The van der Waals surface area contributed by atoms with E-state index in [1.807, 2.05) is 0 Å². The Labute approximate surface area is 250 Å². The molecule has 0 aliphatic heterocycles. The number of carbonyl (C=O) groups is 9. The summed E-state index contributed by atoms with van der Waals surface area (Å²) in [5.74, 6) is -18.9. The number of esters is 6. The van der Waals surface area contributed by atoms with E-state index in [1.165, 1.54) is 0 Å². The van der Waals surface area contributed by atoms with Crippen molar-refractivity contribution in [2.45, 2.75) is 19.3 Å². The van der Waals surface area contributed by atoms with E-state index in [-0.39, 0.29) is 56.6 Å². The molecule has 18 nitrogen and oxygen atoms in total. The first-order chi connectivity index (χ1) is 16.6. The Morgan fingerprint density at radius 3 is 0.675 bits per heavy atom. The molecule has 0 unspecified atom stereocenters. The van der Waals surface area contributed by atoms with Gasteiger partial charge in [-0.2, -0.15) is 26.3 Å². The maximum atomic E-state index is 11.2. The molecule has 0 aliphatic carbocycles. The standard InChI is InChI=1S/3C4H2F2O5.BO3.3Li/c3*5-1(6)3(9)11-4(10)2(7)8;2-1(3)4;;;/h3*1H,(H,7,8);;;;/q;;;-3;3*+1. The molecule has 3 N–H and O–H groups in total. The summed E-state index contributed by atoms with van der Waals surface area (Å²) in [6.45, 7) is 0. The number of carboxylic acids is 3. The van der Waals surface area contributed by atoms with Crippen LogP contribution in [0.15, 0.2) is 0 Å². The first-order valence-electron chi connectivity index (χ1n) is 7.37. The number of alkyl halides is 6. The predicted molar refractivity (Wildman–Crippen MR) is 80.0 cm³/mol. The largest absolute Gasteiger partial charge is 1.00 e. The van der Waals surface area contributed by atoms with Crippen LogP contribution in [0.1, 0.15) is 0 Å². The summed E-state index contributed by atoms with van der Waals surface area (Å²) in [7, 11) is -2.92. The number of aliphatic carboxylic acids is 3. The van der Waals surface area contributed by atoms with E-state index in [0.29, 0.717) is 0 Å². The molecule has 210 valence electrons. The minimum atomic E-state index is -3.50. The second kappa shape index (κ2) is 29.1. The van der Waals surface area contributed by atoms with Gasteiger partial charge in [-0.05, 0) is 0 Å². The number of ether oxygens (including phenoxy) is 3. The van der Waals surface area contributed by atoms with Gasteiger partial charge in [-0.3, -0.25) is 7.32 Å². The molecule has 40 heavy (non-hydrogen) atoms. The van der Waals surface area contributed by atoms with E-state index in [2.05, 4.69) is 14.2 Å². The predicted octanol–water partition coefficient (Wildman–Crippen LogP) is -14.7. The van der Waals surface area contributed by atoms with Gasteiger partial charge < -0.3 is 44.6 Å². The molecule has 0 atom stereocenters. The Balaban J connectivity index is -0.0000000738. The Kier molecular flexibility index (Phi) is 38.9. The molecule has 0 fully saturated rings. The Bertz CT molecular complexity index is 766. The molecule has 0 aromatic rings. The molecule has 28 heteroatoms. The van der Waals surface area contributed by atoms with Gasteiger partial charge >= 0.3 is 130 Å². The van der Waals surface area contributed by atoms with Gasteiger partial charge in [0.05, 0.1) is 0 Å². The Morgan fingerprint density at radius 2 is 0.600 bits per heavy atom. The normalized spacial score (nSPS) is 8.40. The number of rotatable bonds is 3. The zero-order valence-corrected chi connectivity index (χ0v) is 19.5. The molecule has 0 heterocycles. The summed E-state index contributed by atoms with van der Waals surface area (Å²) < 4.78 is 76.8. The van der Waals surface area contributed by atoms with Crippen LogP contribution in [-0.2, 0) is 57.4 Å². The van der Waals surface area contributed by atoms with Crippen LogP contribution in [0, 0.1) is 0 Å². The van der Waals surface area contributed by atoms with Crippen LogP contribution >= 0.6 is 0 Å². The fourth-order valence-corrected chi connectivity index (χ4v) is 0.539. The second-order valence-corrected chi connectivity index (χ2v) is 4.23. The van der Waals surface area contributed by atoms with Crippen molar-refractivity contribution >= 4 is 61.0 Å². The third-order valence-corrected chi connectivity index (χ3v) is 1.64. The average molecular weight is 584 g/mol. The minimum Gasteiger partial charge on any atom is -0.907 e. The van der Waals surface area contributed by atoms with Crippen LogP contribution in [0.25, 0.3) is 0 Å². The number of hydrogen-bond donors (Lipinski definition) is 3. The summed E-state index contributed by atoms with van der Waals surface area (Å²) >= 11 is 0. The second-order valence-electron chi connectivity index (χ2n) is 4.23. The molecular formula is C12H6BF6Li3O18. The van der Waals surface area contributed by atoms with Crippen LogP contribution in [0.3, 0.4) is 0 Å². The summed E-state index contributed by atoms with van der Waals surface area (Å²) in [5, 5.41) is 48.5. The topological polar surface area (TPSA) is 311 Å². The van der Waals surface area contributed by atoms with Crippen molar-refractivity contribution in [2.75, 3.05) is 0 Å². The minimum absolute atomic E-state index is 0. The molecule has 0 amide bonds. The Morgan fingerprint density at radius 1 is 0.475 bits per heavy atom. The SMILES string of the molecule is O=C(O)C(=O)OC(=O)C(F)F.O=C(O)C(=O)OC(=O)C(F)F.O=C(O)C(=O)OC(=O)C(F)F.[Li+].[Li+].[Li+].[O-]B([O-])[O-]. The van der Waals surface area contributed by atoms with Crippen LogP contribution < -0.4 is 71.7 Å². The molecule has 0 radical (unpaired) electrons. The molecule has 0 spiro atoms. The third-order valence-electron chi connectivity index (χ3n) is 1.64. The molecule has 0 saturated carbocycles. The van der Waals surface area contributed by atoms with E-state index >= 15 is 0 Å². The summed E-state index contributed by atoms with van der Waals surface area (Å²) in [6.07, 6.45) is -10.5. The van der Waals surface area contributed by atoms with E-state index < -0.39 is 80.3 Å². The van der Waals surface area contributed by atoms with Crippen molar-refractivity contribution in [3.05, 3.63) is 0 Å². The molecule has 0 aliphatic rings. The first-order valence-corrected chi connectivity index (χ1v) is 7.37. The van der Waals surface area contributed by atoms with Crippen LogP contribution in [0.2, 0.25) is 0 Å². The number of carbonyl (C=O) groups excluding carboxylic acids is 6. The average Bonchev–Trinajstić information content (AvgIpc) is 2.73. The monoisotopic (exact) mass is 584 g/mol. The van der Waals surface area contributed by atoms with Gasteiger partial charge in [0.2, 0.25) is 0 Å². The van der Waals surface area contributed by atoms with Gasteiger partial charge in [0, 0.05) is 0 Å².